The molecule has 0 aliphatic heterocycles. The molecule has 15 heavy (non-hydrogen) atoms. The number of hydrogen-bond acceptors (Lipinski definition) is 4. The normalized spacial score (nSPS) is 10.1. The summed E-state index contributed by atoms with van der Waals surface area (Å²) < 4.78 is 0. The first-order chi connectivity index (χ1) is 7.18. The fraction of sp³-hybridized carbons (Fsp3) is 0. The molecule has 5 N–H and O–H groups in total. The largest absolute Gasteiger partial charge is 0.385 e. The molecule has 0 aliphatic rings. The van der Waals surface area contributed by atoms with E-state index in [1.165, 1.54) is 0 Å². The highest BCUT2D eigenvalue weighted by molar-refractivity contribution is 5.98. The first-order valence-electron chi connectivity index (χ1n) is 4.23. The lowest BCUT2D eigenvalue weighted by molar-refractivity contribution is 0.100. The summed E-state index contributed by atoms with van der Waals surface area (Å²) >= 11 is 0. The molecule has 0 saturated carbocycles. The van der Waals surface area contributed by atoms with Gasteiger partial charge in [-0.2, -0.15) is 0 Å². The van der Waals surface area contributed by atoms with Crippen LogP contribution in [0.15, 0.2) is 24.7 Å². The Balaban J connectivity index is 2.48. The zero-order valence-electron chi connectivity index (χ0n) is 7.77. The second kappa shape index (κ2) is 3.41. The van der Waals surface area contributed by atoms with Gasteiger partial charge in [0, 0.05) is 12.4 Å². The van der Waals surface area contributed by atoms with Gasteiger partial charge in [-0.1, -0.05) is 0 Å². The molecule has 0 aliphatic carbocycles. The van der Waals surface area contributed by atoms with Crippen molar-refractivity contribution in [3.05, 3.63) is 30.2 Å². The number of nitrogens with zero attached hydrogens (tertiary/aromatic N) is 2. The molecule has 0 aromatic carbocycles. The van der Waals surface area contributed by atoms with E-state index in [4.69, 9.17) is 11.5 Å². The highest BCUT2D eigenvalue weighted by Gasteiger charge is 2.11. The van der Waals surface area contributed by atoms with E-state index < -0.39 is 5.91 Å². The lowest BCUT2D eigenvalue weighted by Gasteiger charge is -1.93. The summed E-state index contributed by atoms with van der Waals surface area (Å²) in [5, 5.41) is 0. The molecule has 0 spiro atoms. The number of H-pyrrole nitrogens is 1. The molecule has 0 saturated heterocycles. The molecule has 0 fully saturated rings. The van der Waals surface area contributed by atoms with Crippen molar-refractivity contribution in [1.82, 2.24) is 15.0 Å². The minimum Gasteiger partial charge on any atom is -0.385 e. The van der Waals surface area contributed by atoms with Gasteiger partial charge in [0.1, 0.15) is 11.5 Å². The highest BCUT2D eigenvalue weighted by atomic mass is 16.1. The van der Waals surface area contributed by atoms with E-state index in [0.717, 1.165) is 0 Å². The zero-order chi connectivity index (χ0) is 10.8. The van der Waals surface area contributed by atoms with Crippen LogP contribution in [0.2, 0.25) is 0 Å². The number of anilines is 1. The van der Waals surface area contributed by atoms with Gasteiger partial charge in [0.05, 0.1) is 17.5 Å². The lowest BCUT2D eigenvalue weighted by atomic mass is 10.2. The highest BCUT2D eigenvalue weighted by Crippen LogP contribution is 2.20. The van der Waals surface area contributed by atoms with Crippen LogP contribution in [0.1, 0.15) is 10.4 Å². The molecule has 0 unspecified atom stereocenters. The fourth-order valence-corrected chi connectivity index (χ4v) is 1.25. The van der Waals surface area contributed by atoms with Gasteiger partial charge < -0.3 is 16.5 Å². The van der Waals surface area contributed by atoms with E-state index in [2.05, 4.69) is 15.0 Å². The Kier molecular flexibility index (Phi) is 2.09. The third-order valence-corrected chi connectivity index (χ3v) is 1.95. The van der Waals surface area contributed by atoms with Crippen LogP contribution in [-0.2, 0) is 0 Å². The predicted octanol–water partition coefficient (Wildman–Crippen LogP) is 0.153. The number of aromatic nitrogens is 3. The summed E-state index contributed by atoms with van der Waals surface area (Å²) in [7, 11) is 0. The van der Waals surface area contributed by atoms with Crippen molar-refractivity contribution in [2.24, 2.45) is 5.73 Å². The number of aromatic amines is 1. The maximum atomic E-state index is 11.0. The number of carbonyl (C=O) groups excluding carboxylic acids is 1. The van der Waals surface area contributed by atoms with Crippen molar-refractivity contribution >= 4 is 11.7 Å². The van der Waals surface area contributed by atoms with E-state index >= 15 is 0 Å². The number of primary amides is 1. The Labute approximate surface area is 85.3 Å². The molecule has 2 aromatic rings. The van der Waals surface area contributed by atoms with Gasteiger partial charge in [0.25, 0.3) is 5.91 Å². The molecule has 0 bridgehead atoms. The monoisotopic (exact) mass is 203 g/mol. The van der Waals surface area contributed by atoms with Crippen LogP contribution < -0.4 is 11.5 Å². The molecule has 1 amide bonds. The van der Waals surface area contributed by atoms with Crippen molar-refractivity contribution in [3.8, 4) is 11.4 Å². The second-order valence-corrected chi connectivity index (χ2v) is 2.97. The summed E-state index contributed by atoms with van der Waals surface area (Å²) in [6.07, 6.45) is 4.68. The average Bonchev–Trinajstić information content (AvgIpc) is 2.62. The standard InChI is InChI=1S/C9H9N5O/c10-8-5(9(11)15)3-6(14-8)7-4-12-1-2-13-7/h1-4,14H,10H2,(H2,11,15). The molecule has 0 radical (unpaired) electrons. The van der Waals surface area contributed by atoms with E-state index in [9.17, 15) is 4.79 Å². The molecule has 0 atom stereocenters. The molecular weight excluding hydrogens is 194 g/mol. The first-order valence-corrected chi connectivity index (χ1v) is 4.23. The van der Waals surface area contributed by atoms with Crippen LogP contribution in [-0.4, -0.2) is 20.9 Å². The number of amides is 1. The van der Waals surface area contributed by atoms with Crippen LogP contribution in [0.25, 0.3) is 11.4 Å². The summed E-state index contributed by atoms with van der Waals surface area (Å²) in [6, 6.07) is 1.56. The molecule has 6 heteroatoms. The Morgan fingerprint density at radius 1 is 1.40 bits per heavy atom. The SMILES string of the molecule is NC(=O)c1cc(-c2cnccn2)[nH]c1N. The van der Waals surface area contributed by atoms with Gasteiger partial charge in [-0.05, 0) is 6.07 Å². The Morgan fingerprint density at radius 3 is 2.73 bits per heavy atom. The molecule has 2 rings (SSSR count). The fourth-order valence-electron chi connectivity index (χ4n) is 1.25. The lowest BCUT2D eigenvalue weighted by Crippen LogP contribution is -2.11. The molecule has 6 nitrogen and oxygen atoms in total. The van der Waals surface area contributed by atoms with Gasteiger partial charge in [0.15, 0.2) is 0 Å². The summed E-state index contributed by atoms with van der Waals surface area (Å²) in [5.41, 5.74) is 12.2. The number of nitrogen functional groups attached to an aromatic ring is 1. The van der Waals surface area contributed by atoms with Crippen LogP contribution >= 0.6 is 0 Å². The van der Waals surface area contributed by atoms with Gasteiger partial charge >= 0.3 is 0 Å². The number of nitrogens with two attached hydrogens (primary N) is 2. The number of rotatable bonds is 2. The van der Waals surface area contributed by atoms with Crippen molar-refractivity contribution in [3.63, 3.8) is 0 Å². The predicted molar refractivity (Wildman–Crippen MR) is 54.7 cm³/mol. The Bertz CT molecular complexity index is 490. The Morgan fingerprint density at radius 2 is 2.20 bits per heavy atom. The van der Waals surface area contributed by atoms with Gasteiger partial charge in [-0.15, -0.1) is 0 Å². The number of carbonyl (C=O) groups is 1. The maximum absolute atomic E-state index is 11.0. The van der Waals surface area contributed by atoms with Crippen molar-refractivity contribution < 1.29 is 4.79 Å². The van der Waals surface area contributed by atoms with Crippen LogP contribution in [0.5, 0.6) is 0 Å². The van der Waals surface area contributed by atoms with Crippen LogP contribution in [0.4, 0.5) is 5.82 Å². The first kappa shape index (κ1) is 9.20. The minimum absolute atomic E-state index is 0.239. The van der Waals surface area contributed by atoms with Gasteiger partial charge in [-0.25, -0.2) is 0 Å². The molecule has 2 heterocycles. The zero-order valence-corrected chi connectivity index (χ0v) is 7.77. The van der Waals surface area contributed by atoms with E-state index in [-0.39, 0.29) is 11.4 Å². The van der Waals surface area contributed by atoms with E-state index in [1.807, 2.05) is 0 Å². The summed E-state index contributed by atoms with van der Waals surface area (Å²) in [6.45, 7) is 0. The van der Waals surface area contributed by atoms with Crippen molar-refractivity contribution in [1.29, 1.82) is 0 Å². The van der Waals surface area contributed by atoms with E-state index in [0.29, 0.717) is 11.4 Å². The summed E-state index contributed by atoms with van der Waals surface area (Å²) in [5.74, 6) is -0.331. The van der Waals surface area contributed by atoms with Crippen molar-refractivity contribution in [2.75, 3.05) is 5.73 Å². The van der Waals surface area contributed by atoms with Gasteiger partial charge in [-0.3, -0.25) is 14.8 Å². The van der Waals surface area contributed by atoms with Crippen molar-refractivity contribution in [2.45, 2.75) is 0 Å². The average molecular weight is 203 g/mol. The van der Waals surface area contributed by atoms with Gasteiger partial charge in [0.2, 0.25) is 0 Å². The van der Waals surface area contributed by atoms with Crippen LogP contribution in [0, 0.1) is 0 Å². The third-order valence-electron chi connectivity index (χ3n) is 1.95. The van der Waals surface area contributed by atoms with Crippen LogP contribution in [0.3, 0.4) is 0 Å². The smallest absolute Gasteiger partial charge is 0.252 e. The number of nitrogens with one attached hydrogen (secondary N) is 1. The quantitative estimate of drug-likeness (QED) is 0.645. The Hall–Kier alpha value is -2.37. The molecular formula is C9H9N5O. The minimum atomic E-state index is -0.570. The second-order valence-electron chi connectivity index (χ2n) is 2.97. The topological polar surface area (TPSA) is 111 Å². The maximum Gasteiger partial charge on any atom is 0.252 e. The third kappa shape index (κ3) is 1.64. The number of hydrogen-bond donors (Lipinski definition) is 3. The summed E-state index contributed by atoms with van der Waals surface area (Å²) in [4.78, 5) is 21.7. The van der Waals surface area contributed by atoms with E-state index in [1.54, 1.807) is 24.7 Å². The molecule has 76 valence electrons. The molecule has 2 aromatic heterocycles.